The summed E-state index contributed by atoms with van der Waals surface area (Å²) in [5.74, 6) is -2.74. The summed E-state index contributed by atoms with van der Waals surface area (Å²) in [6.45, 7) is 2.56. The van der Waals surface area contributed by atoms with Gasteiger partial charge in [-0.2, -0.15) is 0 Å². The van der Waals surface area contributed by atoms with E-state index in [2.05, 4.69) is 38.9 Å². The molecule has 188 valence electrons. The van der Waals surface area contributed by atoms with Crippen LogP contribution in [-0.4, -0.2) is 52.1 Å². The van der Waals surface area contributed by atoms with Crippen LogP contribution in [0.4, 0.5) is 31.5 Å². The first-order chi connectivity index (χ1) is 16.6. The summed E-state index contributed by atoms with van der Waals surface area (Å²) in [5.41, 5.74) is 4.74. The molecule has 8 heteroatoms. The van der Waals surface area contributed by atoms with E-state index in [4.69, 9.17) is 0 Å². The van der Waals surface area contributed by atoms with E-state index >= 15 is 0 Å². The molecule has 2 aromatic carbocycles. The second-order valence-electron chi connectivity index (χ2n) is 10.5. The van der Waals surface area contributed by atoms with Gasteiger partial charge in [-0.15, -0.1) is 0 Å². The van der Waals surface area contributed by atoms with E-state index in [9.17, 15) is 13.6 Å². The molecule has 3 fully saturated rings. The van der Waals surface area contributed by atoms with E-state index in [-0.39, 0.29) is 18.7 Å². The molecule has 1 aliphatic carbocycles. The van der Waals surface area contributed by atoms with Crippen molar-refractivity contribution in [3.8, 4) is 0 Å². The fourth-order valence-electron chi connectivity index (χ4n) is 5.36. The van der Waals surface area contributed by atoms with E-state index in [1.54, 1.807) is 0 Å². The molecule has 1 amide bonds. The van der Waals surface area contributed by atoms with Gasteiger partial charge >= 0.3 is 0 Å². The number of nitrogens with one attached hydrogen (secondary N) is 1. The van der Waals surface area contributed by atoms with Crippen molar-refractivity contribution in [2.75, 3.05) is 60.3 Å². The van der Waals surface area contributed by atoms with Gasteiger partial charge in [0.05, 0.1) is 22.6 Å². The Bertz CT molecular complexity index is 1100. The minimum atomic E-state index is -2.60. The van der Waals surface area contributed by atoms with Gasteiger partial charge in [0.25, 0.3) is 11.8 Å². The first kappa shape index (κ1) is 24.6. The average Bonchev–Trinajstić information content (AvgIpc) is 3.58. The highest BCUT2D eigenvalue weighted by Crippen LogP contribution is 2.54. The van der Waals surface area contributed by atoms with Crippen molar-refractivity contribution < 1.29 is 13.6 Å². The molecule has 0 unspecified atom stereocenters. The van der Waals surface area contributed by atoms with Crippen LogP contribution in [-0.2, 0) is 0 Å². The Labute approximate surface area is 220 Å². The molecule has 5 rings (SSSR count). The zero-order chi connectivity index (χ0) is 24.8. The molecule has 0 atom stereocenters. The van der Waals surface area contributed by atoms with Gasteiger partial charge in [-0.05, 0) is 90.1 Å². The largest absolute Gasteiger partial charge is 0.376 e. The fourth-order valence-corrected chi connectivity index (χ4v) is 5.84. The van der Waals surface area contributed by atoms with Crippen molar-refractivity contribution in [1.82, 2.24) is 0 Å². The molecule has 1 spiro atoms. The number of halogens is 3. The number of alkyl halides is 2. The molecular weight excluding hydrogens is 561 g/mol. The molecule has 0 radical (unpaired) electrons. The third-order valence-corrected chi connectivity index (χ3v) is 8.55. The number of amides is 1. The maximum absolute atomic E-state index is 13.8. The van der Waals surface area contributed by atoms with Crippen LogP contribution in [0.3, 0.4) is 0 Å². The zero-order valence-electron chi connectivity index (χ0n) is 20.4. The van der Waals surface area contributed by atoms with Crippen molar-refractivity contribution in [2.24, 2.45) is 5.41 Å². The van der Waals surface area contributed by atoms with Gasteiger partial charge in [0.15, 0.2) is 0 Å². The molecular formula is C27H33F2IN4O. The molecule has 5 nitrogen and oxygen atoms in total. The summed E-state index contributed by atoms with van der Waals surface area (Å²) in [6.07, 6.45) is 4.79. The van der Waals surface area contributed by atoms with E-state index in [0.717, 1.165) is 33.7 Å². The Morgan fingerprint density at radius 1 is 0.886 bits per heavy atom. The smallest absolute Gasteiger partial charge is 0.257 e. The lowest BCUT2D eigenvalue weighted by molar-refractivity contribution is -0.0220. The molecule has 2 aromatic rings. The Hall–Kier alpha value is -2.10. The molecule has 2 aliphatic heterocycles. The maximum atomic E-state index is 13.8. The molecule has 3 aliphatic rings. The average molecular weight is 594 g/mol. The van der Waals surface area contributed by atoms with Gasteiger partial charge in [0.2, 0.25) is 0 Å². The van der Waals surface area contributed by atoms with Crippen LogP contribution < -0.4 is 20.0 Å². The number of piperidine rings is 2. The number of nitrogens with zero attached hydrogens (tertiary/aromatic N) is 3. The minimum Gasteiger partial charge on any atom is -0.376 e. The monoisotopic (exact) mass is 594 g/mol. The number of benzene rings is 2. The third kappa shape index (κ3) is 5.37. The standard InChI is InChI=1S/C27H33F2IN4O/c1-32(2)22-6-4-20(18-24(22)34-15-11-27(28,29)12-16-34)31-25(35)21-5-3-19(30)17-23(21)33-13-9-26(7-8-26)10-14-33/h3-6,17-18H,7-16H2,1-2H3,(H,31,35). The molecule has 0 aromatic heterocycles. The van der Waals surface area contributed by atoms with Crippen molar-refractivity contribution >= 4 is 51.2 Å². The third-order valence-electron chi connectivity index (χ3n) is 7.88. The molecule has 2 saturated heterocycles. The van der Waals surface area contributed by atoms with Crippen LogP contribution in [0.2, 0.25) is 0 Å². The normalized spacial score (nSPS) is 20.6. The predicted molar refractivity (Wildman–Crippen MR) is 147 cm³/mol. The van der Waals surface area contributed by atoms with Gasteiger partial charge in [0, 0.05) is 62.4 Å². The molecule has 1 saturated carbocycles. The number of hydrogen-bond acceptors (Lipinski definition) is 4. The topological polar surface area (TPSA) is 38.8 Å². The molecule has 35 heavy (non-hydrogen) atoms. The second-order valence-corrected chi connectivity index (χ2v) is 11.8. The van der Waals surface area contributed by atoms with E-state index in [1.165, 1.54) is 25.7 Å². The van der Waals surface area contributed by atoms with E-state index in [0.29, 0.717) is 29.8 Å². The lowest BCUT2D eigenvalue weighted by Gasteiger charge is -2.36. The van der Waals surface area contributed by atoms with Crippen LogP contribution in [0, 0.1) is 8.99 Å². The highest BCUT2D eigenvalue weighted by Gasteiger charge is 2.44. The van der Waals surface area contributed by atoms with Crippen LogP contribution in [0.25, 0.3) is 0 Å². The predicted octanol–water partition coefficient (Wildman–Crippen LogP) is 6.23. The summed E-state index contributed by atoms with van der Waals surface area (Å²) >= 11 is 2.30. The molecule has 0 bridgehead atoms. The zero-order valence-corrected chi connectivity index (χ0v) is 22.6. The van der Waals surface area contributed by atoms with Crippen LogP contribution in [0.5, 0.6) is 0 Å². The van der Waals surface area contributed by atoms with Crippen molar-refractivity contribution in [2.45, 2.75) is 44.4 Å². The highest BCUT2D eigenvalue weighted by atomic mass is 127. The lowest BCUT2D eigenvalue weighted by Crippen LogP contribution is -2.40. The number of carbonyl (C=O) groups excluding carboxylic acids is 1. The maximum Gasteiger partial charge on any atom is 0.257 e. The van der Waals surface area contributed by atoms with Gasteiger partial charge in [-0.3, -0.25) is 4.79 Å². The number of carbonyl (C=O) groups is 1. The summed E-state index contributed by atoms with van der Waals surface area (Å²) in [4.78, 5) is 19.8. The summed E-state index contributed by atoms with van der Waals surface area (Å²) in [7, 11) is 3.88. The van der Waals surface area contributed by atoms with E-state index in [1.807, 2.05) is 54.2 Å². The first-order valence-corrected chi connectivity index (χ1v) is 13.5. The van der Waals surface area contributed by atoms with Crippen LogP contribution >= 0.6 is 22.6 Å². The van der Waals surface area contributed by atoms with Crippen LogP contribution in [0.1, 0.15) is 48.9 Å². The summed E-state index contributed by atoms with van der Waals surface area (Å²) < 4.78 is 28.6. The number of anilines is 4. The molecule has 2 heterocycles. The van der Waals surface area contributed by atoms with Crippen molar-refractivity contribution in [1.29, 1.82) is 0 Å². The second kappa shape index (κ2) is 9.41. The first-order valence-electron chi connectivity index (χ1n) is 12.4. The SMILES string of the molecule is CN(C)c1ccc(NC(=O)c2ccc(I)cc2N2CCC3(CC2)CC3)cc1N1CCC(F)(F)CC1. The van der Waals surface area contributed by atoms with Crippen molar-refractivity contribution in [3.63, 3.8) is 0 Å². The fraction of sp³-hybridized carbons (Fsp3) is 0.519. The van der Waals surface area contributed by atoms with Crippen LogP contribution in [0.15, 0.2) is 36.4 Å². The Morgan fingerprint density at radius 2 is 1.51 bits per heavy atom. The quantitative estimate of drug-likeness (QED) is 0.417. The van der Waals surface area contributed by atoms with Gasteiger partial charge in [-0.1, -0.05) is 0 Å². The van der Waals surface area contributed by atoms with E-state index < -0.39 is 5.92 Å². The minimum absolute atomic E-state index is 0.142. The Balaban J connectivity index is 1.37. The van der Waals surface area contributed by atoms with Gasteiger partial charge in [-0.25, -0.2) is 8.78 Å². The molecule has 1 N–H and O–H groups in total. The number of rotatable bonds is 5. The lowest BCUT2D eigenvalue weighted by atomic mass is 9.93. The van der Waals surface area contributed by atoms with Gasteiger partial charge < -0.3 is 20.0 Å². The number of hydrogen-bond donors (Lipinski definition) is 1. The van der Waals surface area contributed by atoms with Gasteiger partial charge in [0.1, 0.15) is 0 Å². The highest BCUT2D eigenvalue weighted by molar-refractivity contribution is 14.1. The Kier molecular flexibility index (Phi) is 6.61. The Morgan fingerprint density at radius 3 is 2.14 bits per heavy atom. The van der Waals surface area contributed by atoms with Crippen molar-refractivity contribution in [3.05, 3.63) is 45.5 Å². The summed E-state index contributed by atoms with van der Waals surface area (Å²) in [5, 5.41) is 3.09. The summed E-state index contributed by atoms with van der Waals surface area (Å²) in [6, 6.07) is 11.7.